The summed E-state index contributed by atoms with van der Waals surface area (Å²) in [6.07, 6.45) is 1.71. The van der Waals surface area contributed by atoms with Gasteiger partial charge in [-0.15, -0.1) is 5.10 Å². The first-order chi connectivity index (χ1) is 7.66. The second kappa shape index (κ2) is 4.72. The van der Waals surface area contributed by atoms with E-state index in [0.717, 1.165) is 11.4 Å². The topological polar surface area (TPSA) is 42.7 Å². The summed E-state index contributed by atoms with van der Waals surface area (Å²) >= 11 is 11.8. The number of halogens is 2. The highest BCUT2D eigenvalue weighted by atomic mass is 35.5. The van der Waals surface area contributed by atoms with E-state index in [2.05, 4.69) is 15.6 Å². The minimum atomic E-state index is 0.600. The molecular weight excluding hydrogens is 247 g/mol. The molecule has 0 saturated heterocycles. The monoisotopic (exact) mass is 256 g/mol. The van der Waals surface area contributed by atoms with Crippen LogP contribution in [0.25, 0.3) is 0 Å². The summed E-state index contributed by atoms with van der Waals surface area (Å²) in [5, 5.41) is 12.0. The summed E-state index contributed by atoms with van der Waals surface area (Å²) in [7, 11) is 1.84. The highest BCUT2D eigenvalue weighted by Crippen LogP contribution is 2.25. The van der Waals surface area contributed by atoms with Crippen LogP contribution in [0.4, 0.5) is 5.69 Å². The van der Waals surface area contributed by atoms with Crippen LogP contribution in [0.5, 0.6) is 0 Å². The van der Waals surface area contributed by atoms with Crippen molar-refractivity contribution in [3.8, 4) is 0 Å². The second-order valence-corrected chi connectivity index (χ2v) is 4.17. The maximum absolute atomic E-state index is 6.02. The summed E-state index contributed by atoms with van der Waals surface area (Å²) in [5.74, 6) is 0. The van der Waals surface area contributed by atoms with Crippen LogP contribution in [0.1, 0.15) is 5.69 Å². The zero-order chi connectivity index (χ0) is 11.5. The molecule has 2 aromatic rings. The molecule has 1 aromatic carbocycles. The van der Waals surface area contributed by atoms with Crippen LogP contribution in [-0.2, 0) is 13.6 Å². The van der Waals surface area contributed by atoms with Gasteiger partial charge in [-0.1, -0.05) is 28.4 Å². The molecule has 6 heteroatoms. The molecule has 0 aliphatic rings. The third-order valence-corrected chi connectivity index (χ3v) is 2.75. The van der Waals surface area contributed by atoms with E-state index in [4.69, 9.17) is 23.2 Å². The lowest BCUT2D eigenvalue weighted by atomic mass is 10.3. The summed E-state index contributed by atoms with van der Waals surface area (Å²) in [5.41, 5.74) is 1.82. The van der Waals surface area contributed by atoms with Crippen LogP contribution >= 0.6 is 23.2 Å². The highest BCUT2D eigenvalue weighted by Gasteiger charge is 2.03. The molecule has 2 rings (SSSR count). The van der Waals surface area contributed by atoms with Gasteiger partial charge in [-0.05, 0) is 18.2 Å². The smallest absolute Gasteiger partial charge is 0.0774 e. The van der Waals surface area contributed by atoms with Gasteiger partial charge < -0.3 is 5.32 Å². The van der Waals surface area contributed by atoms with E-state index < -0.39 is 0 Å². The van der Waals surface area contributed by atoms with Crippen molar-refractivity contribution in [2.75, 3.05) is 5.32 Å². The molecule has 1 heterocycles. The Morgan fingerprint density at radius 3 is 2.81 bits per heavy atom. The van der Waals surface area contributed by atoms with Crippen LogP contribution in [-0.4, -0.2) is 15.0 Å². The van der Waals surface area contributed by atoms with Crippen LogP contribution in [0.3, 0.4) is 0 Å². The first kappa shape index (κ1) is 11.2. The molecule has 0 spiro atoms. The summed E-state index contributed by atoms with van der Waals surface area (Å²) in [6.45, 7) is 0.616. The van der Waals surface area contributed by atoms with Gasteiger partial charge in [0.2, 0.25) is 0 Å². The van der Waals surface area contributed by atoms with Crippen LogP contribution in [0.2, 0.25) is 10.0 Å². The van der Waals surface area contributed by atoms with Gasteiger partial charge in [0.25, 0.3) is 0 Å². The van der Waals surface area contributed by atoms with E-state index in [9.17, 15) is 0 Å². The molecule has 0 aliphatic carbocycles. The van der Waals surface area contributed by atoms with Gasteiger partial charge in [0.1, 0.15) is 0 Å². The first-order valence-corrected chi connectivity index (χ1v) is 5.45. The molecule has 0 radical (unpaired) electrons. The SMILES string of the molecule is Cn1nncc1CNc1ccc(Cl)cc1Cl. The van der Waals surface area contributed by atoms with Crippen molar-refractivity contribution in [1.29, 1.82) is 0 Å². The second-order valence-electron chi connectivity index (χ2n) is 3.33. The number of nitrogens with one attached hydrogen (secondary N) is 1. The van der Waals surface area contributed by atoms with E-state index in [1.54, 1.807) is 23.0 Å². The van der Waals surface area contributed by atoms with Crippen molar-refractivity contribution in [3.63, 3.8) is 0 Å². The number of benzene rings is 1. The lowest BCUT2D eigenvalue weighted by Gasteiger charge is -2.08. The minimum Gasteiger partial charge on any atom is -0.378 e. The van der Waals surface area contributed by atoms with Crippen molar-refractivity contribution in [2.24, 2.45) is 7.05 Å². The van der Waals surface area contributed by atoms with Crippen LogP contribution < -0.4 is 5.32 Å². The summed E-state index contributed by atoms with van der Waals surface area (Å²) in [4.78, 5) is 0. The average molecular weight is 257 g/mol. The van der Waals surface area contributed by atoms with Gasteiger partial charge >= 0.3 is 0 Å². The fourth-order valence-corrected chi connectivity index (χ4v) is 1.76. The predicted molar refractivity (Wildman–Crippen MR) is 64.8 cm³/mol. The Kier molecular flexibility index (Phi) is 3.31. The van der Waals surface area contributed by atoms with Crippen molar-refractivity contribution in [1.82, 2.24) is 15.0 Å². The Morgan fingerprint density at radius 2 is 2.19 bits per heavy atom. The lowest BCUT2D eigenvalue weighted by molar-refractivity contribution is 0.683. The van der Waals surface area contributed by atoms with Crippen LogP contribution in [0, 0.1) is 0 Å². The molecule has 0 amide bonds. The van der Waals surface area contributed by atoms with Gasteiger partial charge in [0, 0.05) is 12.1 Å². The van der Waals surface area contributed by atoms with Crippen molar-refractivity contribution < 1.29 is 0 Å². The van der Waals surface area contributed by atoms with Gasteiger partial charge in [-0.2, -0.15) is 0 Å². The van der Waals surface area contributed by atoms with Crippen molar-refractivity contribution in [3.05, 3.63) is 40.1 Å². The number of hydrogen-bond acceptors (Lipinski definition) is 3. The number of hydrogen-bond donors (Lipinski definition) is 1. The minimum absolute atomic E-state index is 0.600. The predicted octanol–water partition coefficient (Wildman–Crippen LogP) is 2.73. The molecule has 16 heavy (non-hydrogen) atoms. The average Bonchev–Trinajstić information content (AvgIpc) is 2.63. The van der Waals surface area contributed by atoms with Crippen molar-refractivity contribution >= 4 is 28.9 Å². The Morgan fingerprint density at radius 1 is 1.38 bits per heavy atom. The van der Waals surface area contributed by atoms with E-state index >= 15 is 0 Å². The summed E-state index contributed by atoms with van der Waals surface area (Å²) < 4.78 is 1.71. The fourth-order valence-electron chi connectivity index (χ4n) is 1.29. The van der Waals surface area contributed by atoms with E-state index in [1.165, 1.54) is 0 Å². The lowest BCUT2D eigenvalue weighted by Crippen LogP contribution is -2.05. The molecule has 1 N–H and O–H groups in total. The molecule has 0 atom stereocenters. The number of aryl methyl sites for hydroxylation is 1. The first-order valence-electron chi connectivity index (χ1n) is 4.69. The van der Waals surface area contributed by atoms with Gasteiger partial charge in [0.05, 0.1) is 29.1 Å². The van der Waals surface area contributed by atoms with Gasteiger partial charge in [-0.3, -0.25) is 4.68 Å². The molecule has 0 fully saturated rings. The Hall–Kier alpha value is -1.26. The molecule has 1 aromatic heterocycles. The molecule has 0 bridgehead atoms. The zero-order valence-electron chi connectivity index (χ0n) is 8.61. The Bertz CT molecular complexity index is 495. The van der Waals surface area contributed by atoms with Crippen molar-refractivity contribution in [2.45, 2.75) is 6.54 Å². The zero-order valence-corrected chi connectivity index (χ0v) is 10.1. The number of aromatic nitrogens is 3. The van der Waals surface area contributed by atoms with Gasteiger partial charge in [-0.25, -0.2) is 0 Å². The third-order valence-electron chi connectivity index (χ3n) is 2.20. The quantitative estimate of drug-likeness (QED) is 0.919. The number of anilines is 1. The normalized spacial score (nSPS) is 10.4. The Balaban J connectivity index is 2.08. The number of rotatable bonds is 3. The third kappa shape index (κ3) is 2.46. The van der Waals surface area contributed by atoms with E-state index in [1.807, 2.05) is 13.1 Å². The van der Waals surface area contributed by atoms with E-state index in [-0.39, 0.29) is 0 Å². The molecule has 0 aliphatic heterocycles. The highest BCUT2D eigenvalue weighted by molar-refractivity contribution is 6.36. The maximum Gasteiger partial charge on any atom is 0.0774 e. The Labute approximate surface area is 103 Å². The molecule has 0 saturated carbocycles. The maximum atomic E-state index is 6.02. The summed E-state index contributed by atoms with van der Waals surface area (Å²) in [6, 6.07) is 5.33. The number of nitrogens with zero attached hydrogens (tertiary/aromatic N) is 3. The molecule has 4 nitrogen and oxygen atoms in total. The molecule has 84 valence electrons. The van der Waals surface area contributed by atoms with E-state index in [0.29, 0.717) is 16.6 Å². The fraction of sp³-hybridized carbons (Fsp3) is 0.200. The molecular formula is C10H10Cl2N4. The van der Waals surface area contributed by atoms with Gasteiger partial charge in [0.15, 0.2) is 0 Å². The largest absolute Gasteiger partial charge is 0.378 e. The van der Waals surface area contributed by atoms with Crippen LogP contribution in [0.15, 0.2) is 24.4 Å². The standard InChI is InChI=1S/C10H10Cl2N4/c1-16-8(6-14-15-16)5-13-10-3-2-7(11)4-9(10)12/h2-4,6,13H,5H2,1H3. The molecule has 0 unspecified atom stereocenters.